The molecule has 88 valence electrons. The second-order valence-electron chi connectivity index (χ2n) is 4.16. The number of nitrogens with zero attached hydrogens (tertiary/aromatic N) is 1. The molecule has 0 bridgehead atoms. The van der Waals surface area contributed by atoms with Crippen molar-refractivity contribution in [3.05, 3.63) is 18.3 Å². The van der Waals surface area contributed by atoms with E-state index >= 15 is 0 Å². The van der Waals surface area contributed by atoms with Crippen molar-refractivity contribution in [1.82, 2.24) is 4.98 Å². The van der Waals surface area contributed by atoms with E-state index in [9.17, 15) is 5.11 Å². The van der Waals surface area contributed by atoms with Gasteiger partial charge in [0.1, 0.15) is 11.4 Å². The Bertz CT molecular complexity index is 372. The molecular weight excluding hydrogens is 206 g/mol. The summed E-state index contributed by atoms with van der Waals surface area (Å²) in [7, 11) is 0. The second kappa shape index (κ2) is 4.27. The molecule has 4 N–H and O–H groups in total. The summed E-state index contributed by atoms with van der Waals surface area (Å²) >= 11 is 0. The van der Waals surface area contributed by atoms with Crippen molar-refractivity contribution in [2.45, 2.75) is 25.0 Å². The molecule has 1 fully saturated rings. The molecule has 1 aliphatic rings. The smallest absolute Gasteiger partial charge is 0.149 e. The van der Waals surface area contributed by atoms with E-state index in [-0.39, 0.29) is 6.10 Å². The standard InChI is InChI=1S/C11H17N3O2/c1-8-11(15,4-6-16-8)7-14-10-9(12)3-2-5-13-10/h2-3,5,8,15H,4,6-7,12H2,1H3,(H,13,14). The first kappa shape index (κ1) is 11.2. The van der Waals surface area contributed by atoms with Gasteiger partial charge in [-0.1, -0.05) is 0 Å². The Morgan fingerprint density at radius 3 is 3.19 bits per heavy atom. The quantitative estimate of drug-likeness (QED) is 0.699. The molecule has 2 atom stereocenters. The minimum Gasteiger partial charge on any atom is -0.396 e. The van der Waals surface area contributed by atoms with E-state index in [1.165, 1.54) is 0 Å². The van der Waals surface area contributed by atoms with Crippen molar-refractivity contribution >= 4 is 11.5 Å². The Hall–Kier alpha value is -1.33. The third-order valence-corrected chi connectivity index (χ3v) is 3.06. The first-order chi connectivity index (χ1) is 7.62. The lowest BCUT2D eigenvalue weighted by Gasteiger charge is -2.26. The van der Waals surface area contributed by atoms with E-state index in [4.69, 9.17) is 10.5 Å². The highest BCUT2D eigenvalue weighted by Gasteiger charge is 2.39. The van der Waals surface area contributed by atoms with Gasteiger partial charge in [-0.15, -0.1) is 0 Å². The zero-order chi connectivity index (χ0) is 11.6. The molecule has 1 aromatic heterocycles. The number of nitrogen functional groups attached to an aromatic ring is 1. The highest BCUT2D eigenvalue weighted by molar-refractivity contribution is 5.60. The van der Waals surface area contributed by atoms with Crippen LogP contribution in [-0.2, 0) is 4.74 Å². The maximum Gasteiger partial charge on any atom is 0.149 e. The third kappa shape index (κ3) is 2.10. The van der Waals surface area contributed by atoms with Gasteiger partial charge in [0.15, 0.2) is 0 Å². The molecule has 0 saturated carbocycles. The van der Waals surface area contributed by atoms with Gasteiger partial charge in [-0.05, 0) is 19.1 Å². The summed E-state index contributed by atoms with van der Waals surface area (Å²) in [5, 5.41) is 13.3. The fraction of sp³-hybridized carbons (Fsp3) is 0.545. The molecule has 0 spiro atoms. The number of pyridine rings is 1. The number of nitrogens with two attached hydrogens (primary N) is 1. The van der Waals surface area contributed by atoms with Gasteiger partial charge in [-0.3, -0.25) is 0 Å². The van der Waals surface area contributed by atoms with Crippen molar-refractivity contribution in [2.75, 3.05) is 24.2 Å². The van der Waals surface area contributed by atoms with Crippen molar-refractivity contribution in [3.8, 4) is 0 Å². The van der Waals surface area contributed by atoms with E-state index in [1.54, 1.807) is 18.3 Å². The van der Waals surface area contributed by atoms with Crippen LogP contribution in [0.2, 0.25) is 0 Å². The summed E-state index contributed by atoms with van der Waals surface area (Å²) in [6, 6.07) is 3.55. The van der Waals surface area contributed by atoms with E-state index < -0.39 is 5.60 Å². The molecular formula is C11H17N3O2. The van der Waals surface area contributed by atoms with Crippen LogP contribution in [0.3, 0.4) is 0 Å². The maximum atomic E-state index is 10.3. The third-order valence-electron chi connectivity index (χ3n) is 3.06. The molecule has 2 unspecified atom stereocenters. The van der Waals surface area contributed by atoms with E-state index in [2.05, 4.69) is 10.3 Å². The lowest BCUT2D eigenvalue weighted by atomic mass is 9.97. The van der Waals surface area contributed by atoms with Crippen LogP contribution < -0.4 is 11.1 Å². The average molecular weight is 223 g/mol. The molecule has 1 aromatic rings. The summed E-state index contributed by atoms with van der Waals surface area (Å²) in [6.45, 7) is 2.86. The molecule has 2 heterocycles. The van der Waals surface area contributed by atoms with E-state index in [1.807, 2.05) is 6.92 Å². The van der Waals surface area contributed by atoms with Gasteiger partial charge in [0.25, 0.3) is 0 Å². The average Bonchev–Trinajstić information content (AvgIpc) is 2.59. The van der Waals surface area contributed by atoms with E-state index in [0.29, 0.717) is 31.1 Å². The normalized spacial score (nSPS) is 29.2. The van der Waals surface area contributed by atoms with Crippen LogP contribution in [0, 0.1) is 0 Å². The minimum atomic E-state index is -0.829. The van der Waals surface area contributed by atoms with Crippen molar-refractivity contribution in [2.24, 2.45) is 0 Å². The van der Waals surface area contributed by atoms with Crippen molar-refractivity contribution < 1.29 is 9.84 Å². The lowest BCUT2D eigenvalue weighted by molar-refractivity contribution is -0.0176. The zero-order valence-electron chi connectivity index (χ0n) is 9.31. The van der Waals surface area contributed by atoms with Gasteiger partial charge in [0.2, 0.25) is 0 Å². The largest absolute Gasteiger partial charge is 0.396 e. The predicted octanol–water partition coefficient (Wildman–Crippen LogP) is 0.616. The molecule has 0 radical (unpaired) electrons. The number of ether oxygens (including phenoxy) is 1. The van der Waals surface area contributed by atoms with Crippen molar-refractivity contribution in [1.29, 1.82) is 0 Å². The number of hydrogen-bond acceptors (Lipinski definition) is 5. The summed E-state index contributed by atoms with van der Waals surface area (Å²) in [5.41, 5.74) is 5.50. The van der Waals surface area contributed by atoms with Crippen LogP contribution in [0.25, 0.3) is 0 Å². The SMILES string of the molecule is CC1OCCC1(O)CNc1ncccc1N. The zero-order valence-corrected chi connectivity index (χ0v) is 9.31. The van der Waals surface area contributed by atoms with Crippen LogP contribution in [0.1, 0.15) is 13.3 Å². The van der Waals surface area contributed by atoms with Crippen LogP contribution in [0.15, 0.2) is 18.3 Å². The maximum absolute atomic E-state index is 10.3. The number of aliphatic hydroxyl groups is 1. The Balaban J connectivity index is 2.00. The molecule has 16 heavy (non-hydrogen) atoms. The number of rotatable bonds is 3. The molecule has 5 heteroatoms. The highest BCUT2D eigenvalue weighted by atomic mass is 16.5. The number of anilines is 2. The lowest BCUT2D eigenvalue weighted by Crippen LogP contribution is -2.43. The van der Waals surface area contributed by atoms with Crippen molar-refractivity contribution in [3.63, 3.8) is 0 Å². The van der Waals surface area contributed by atoms with Crippen LogP contribution in [-0.4, -0.2) is 34.9 Å². The second-order valence-corrected chi connectivity index (χ2v) is 4.16. The molecule has 5 nitrogen and oxygen atoms in total. The Kier molecular flexibility index (Phi) is 2.98. The van der Waals surface area contributed by atoms with E-state index in [0.717, 1.165) is 0 Å². The van der Waals surface area contributed by atoms with Gasteiger partial charge >= 0.3 is 0 Å². The molecule has 1 aliphatic heterocycles. The first-order valence-corrected chi connectivity index (χ1v) is 5.40. The Labute approximate surface area is 94.6 Å². The predicted molar refractivity (Wildman–Crippen MR) is 62.1 cm³/mol. The number of hydrogen-bond donors (Lipinski definition) is 3. The topological polar surface area (TPSA) is 80.4 Å². The Morgan fingerprint density at radius 2 is 2.56 bits per heavy atom. The molecule has 2 rings (SSSR count). The molecule has 0 aromatic carbocycles. The summed E-state index contributed by atoms with van der Waals surface area (Å²) in [6.07, 6.45) is 2.13. The van der Waals surface area contributed by atoms with Crippen LogP contribution in [0.5, 0.6) is 0 Å². The van der Waals surface area contributed by atoms with Gasteiger partial charge in [0.05, 0.1) is 11.8 Å². The monoisotopic (exact) mass is 223 g/mol. The summed E-state index contributed by atoms with van der Waals surface area (Å²) in [5.74, 6) is 0.607. The van der Waals surface area contributed by atoms with Crippen LogP contribution in [0.4, 0.5) is 11.5 Å². The minimum absolute atomic E-state index is 0.162. The summed E-state index contributed by atoms with van der Waals surface area (Å²) < 4.78 is 5.35. The first-order valence-electron chi connectivity index (χ1n) is 5.40. The molecule has 0 aliphatic carbocycles. The number of nitrogens with one attached hydrogen (secondary N) is 1. The highest BCUT2D eigenvalue weighted by Crippen LogP contribution is 2.26. The molecule has 1 saturated heterocycles. The van der Waals surface area contributed by atoms with Gasteiger partial charge in [0, 0.05) is 25.8 Å². The van der Waals surface area contributed by atoms with Crippen LogP contribution >= 0.6 is 0 Å². The number of aromatic nitrogens is 1. The van der Waals surface area contributed by atoms with Gasteiger partial charge in [-0.25, -0.2) is 4.98 Å². The fourth-order valence-electron chi connectivity index (χ4n) is 1.81. The fourth-order valence-corrected chi connectivity index (χ4v) is 1.81. The Morgan fingerprint density at radius 1 is 1.75 bits per heavy atom. The van der Waals surface area contributed by atoms with Gasteiger partial charge in [-0.2, -0.15) is 0 Å². The summed E-state index contributed by atoms with van der Waals surface area (Å²) in [4.78, 5) is 4.11. The molecule has 0 amide bonds. The van der Waals surface area contributed by atoms with Gasteiger partial charge < -0.3 is 20.9 Å².